The Labute approximate surface area is 150 Å². The molecule has 2 aliphatic rings. The van der Waals surface area contributed by atoms with E-state index in [2.05, 4.69) is 34.9 Å². The second-order valence-corrected chi connectivity index (χ2v) is 7.53. The molecule has 1 saturated heterocycles. The summed E-state index contributed by atoms with van der Waals surface area (Å²) < 4.78 is 1.98. The van der Waals surface area contributed by atoms with Crippen molar-refractivity contribution in [2.75, 3.05) is 25.0 Å². The standard InChI is InChI=1S/C20H30N4O/c1-15(2)18-6-4-17(5-7-18)14-23-12-9-19(10-13-23)24-20(8-11-21-24)22-16(3)25/h4,8,11,18-19H,1,5-7,9-10,12-14H2,2-3H3,(H,22,25)/t18-/m1/s1. The van der Waals surface area contributed by atoms with E-state index in [9.17, 15) is 4.79 Å². The number of likely N-dealkylation sites (tertiary alicyclic amines) is 1. The Bertz CT molecular complexity index is 652. The molecule has 1 amide bonds. The summed E-state index contributed by atoms with van der Waals surface area (Å²) in [4.78, 5) is 13.9. The fourth-order valence-corrected chi connectivity index (χ4v) is 3.97. The molecule has 5 nitrogen and oxygen atoms in total. The second kappa shape index (κ2) is 8.00. The summed E-state index contributed by atoms with van der Waals surface area (Å²) in [5.41, 5.74) is 2.92. The number of hydrogen-bond donors (Lipinski definition) is 1. The van der Waals surface area contributed by atoms with Crippen molar-refractivity contribution in [3.63, 3.8) is 0 Å². The lowest BCUT2D eigenvalue weighted by molar-refractivity contribution is -0.114. The number of piperidine rings is 1. The van der Waals surface area contributed by atoms with Crippen LogP contribution in [0.1, 0.15) is 52.0 Å². The first-order valence-corrected chi connectivity index (χ1v) is 9.39. The van der Waals surface area contributed by atoms with Gasteiger partial charge >= 0.3 is 0 Å². The summed E-state index contributed by atoms with van der Waals surface area (Å²) in [5, 5.41) is 7.29. The van der Waals surface area contributed by atoms with Gasteiger partial charge in [-0.25, -0.2) is 4.68 Å². The van der Waals surface area contributed by atoms with Crippen molar-refractivity contribution in [1.29, 1.82) is 0 Å². The first-order valence-electron chi connectivity index (χ1n) is 9.39. The summed E-state index contributed by atoms with van der Waals surface area (Å²) in [6.07, 6.45) is 9.99. The van der Waals surface area contributed by atoms with E-state index in [0.717, 1.165) is 44.7 Å². The minimum atomic E-state index is -0.0449. The van der Waals surface area contributed by atoms with Gasteiger partial charge in [0.05, 0.1) is 12.2 Å². The predicted octanol–water partition coefficient (Wildman–Crippen LogP) is 3.78. The molecule has 1 aliphatic carbocycles. The summed E-state index contributed by atoms with van der Waals surface area (Å²) in [6, 6.07) is 2.25. The first kappa shape index (κ1) is 17.9. The lowest BCUT2D eigenvalue weighted by Gasteiger charge is -2.34. The topological polar surface area (TPSA) is 50.2 Å². The number of anilines is 1. The van der Waals surface area contributed by atoms with E-state index in [4.69, 9.17) is 0 Å². The van der Waals surface area contributed by atoms with Crippen molar-refractivity contribution in [2.45, 2.75) is 52.0 Å². The highest BCUT2D eigenvalue weighted by Gasteiger charge is 2.24. The Hall–Kier alpha value is -1.88. The zero-order chi connectivity index (χ0) is 17.8. The average molecular weight is 342 g/mol. The predicted molar refractivity (Wildman–Crippen MR) is 101 cm³/mol. The van der Waals surface area contributed by atoms with Crippen LogP contribution in [0.2, 0.25) is 0 Å². The highest BCUT2D eigenvalue weighted by molar-refractivity contribution is 5.87. The normalized spacial score (nSPS) is 22.5. The molecule has 0 unspecified atom stereocenters. The number of allylic oxidation sites excluding steroid dienone is 2. The molecular weight excluding hydrogens is 312 g/mol. The van der Waals surface area contributed by atoms with Gasteiger partial charge in [0.1, 0.15) is 5.82 Å². The van der Waals surface area contributed by atoms with Crippen LogP contribution in [0, 0.1) is 5.92 Å². The van der Waals surface area contributed by atoms with Crippen LogP contribution in [0.4, 0.5) is 5.82 Å². The van der Waals surface area contributed by atoms with Crippen LogP contribution in [0.3, 0.4) is 0 Å². The molecular formula is C20H30N4O. The molecule has 0 spiro atoms. The Morgan fingerprint density at radius 2 is 2.08 bits per heavy atom. The van der Waals surface area contributed by atoms with Crippen LogP contribution in [0.5, 0.6) is 0 Å². The van der Waals surface area contributed by atoms with Crippen molar-refractivity contribution < 1.29 is 4.79 Å². The highest BCUT2D eigenvalue weighted by Crippen LogP contribution is 2.30. The molecule has 1 atom stereocenters. The monoisotopic (exact) mass is 342 g/mol. The minimum Gasteiger partial charge on any atom is -0.311 e. The van der Waals surface area contributed by atoms with Crippen molar-refractivity contribution in [2.24, 2.45) is 5.92 Å². The van der Waals surface area contributed by atoms with Crippen molar-refractivity contribution in [3.8, 4) is 0 Å². The quantitative estimate of drug-likeness (QED) is 0.829. The molecule has 1 aromatic rings. The molecule has 1 fully saturated rings. The molecule has 25 heavy (non-hydrogen) atoms. The molecule has 0 aromatic carbocycles. The smallest absolute Gasteiger partial charge is 0.222 e. The highest BCUT2D eigenvalue weighted by atomic mass is 16.1. The summed E-state index contributed by atoms with van der Waals surface area (Å²) in [7, 11) is 0. The second-order valence-electron chi connectivity index (χ2n) is 7.53. The average Bonchev–Trinajstić information content (AvgIpc) is 3.03. The molecule has 0 radical (unpaired) electrons. The first-order chi connectivity index (χ1) is 12.0. The fraction of sp³-hybridized carbons (Fsp3) is 0.600. The number of hydrogen-bond acceptors (Lipinski definition) is 3. The molecule has 1 aliphatic heterocycles. The van der Waals surface area contributed by atoms with Gasteiger partial charge in [-0.1, -0.05) is 23.8 Å². The lowest BCUT2D eigenvalue weighted by atomic mass is 9.85. The summed E-state index contributed by atoms with van der Waals surface area (Å²) in [5.74, 6) is 1.45. The molecule has 1 N–H and O–H groups in total. The molecule has 0 saturated carbocycles. The van der Waals surface area contributed by atoms with E-state index in [-0.39, 0.29) is 5.91 Å². The zero-order valence-corrected chi connectivity index (χ0v) is 15.5. The number of amides is 1. The van der Waals surface area contributed by atoms with Crippen LogP contribution in [-0.4, -0.2) is 40.2 Å². The van der Waals surface area contributed by atoms with Crippen LogP contribution < -0.4 is 5.32 Å². The van der Waals surface area contributed by atoms with Gasteiger partial charge in [0.15, 0.2) is 0 Å². The van der Waals surface area contributed by atoms with E-state index in [1.807, 2.05) is 10.7 Å². The van der Waals surface area contributed by atoms with Crippen LogP contribution in [0.15, 0.2) is 36.1 Å². The number of nitrogens with one attached hydrogen (secondary N) is 1. The Kier molecular flexibility index (Phi) is 5.74. The maximum absolute atomic E-state index is 11.3. The number of carbonyl (C=O) groups excluding carboxylic acids is 1. The van der Waals surface area contributed by atoms with E-state index in [1.165, 1.54) is 25.3 Å². The van der Waals surface area contributed by atoms with Gasteiger partial charge in [0.2, 0.25) is 5.91 Å². The van der Waals surface area contributed by atoms with E-state index in [1.54, 1.807) is 11.8 Å². The largest absolute Gasteiger partial charge is 0.311 e. The van der Waals surface area contributed by atoms with Gasteiger partial charge in [-0.05, 0) is 44.9 Å². The fourth-order valence-electron chi connectivity index (χ4n) is 3.97. The van der Waals surface area contributed by atoms with Crippen molar-refractivity contribution >= 4 is 11.7 Å². The Morgan fingerprint density at radius 1 is 1.32 bits per heavy atom. The molecule has 0 bridgehead atoms. The third kappa shape index (κ3) is 4.60. The summed E-state index contributed by atoms with van der Waals surface area (Å²) in [6.45, 7) is 11.1. The van der Waals surface area contributed by atoms with Crippen LogP contribution in [-0.2, 0) is 4.79 Å². The molecule has 1 aromatic heterocycles. The number of carbonyl (C=O) groups is 1. The number of nitrogens with zero attached hydrogens (tertiary/aromatic N) is 3. The van der Waals surface area contributed by atoms with Gasteiger partial charge in [0, 0.05) is 32.6 Å². The minimum absolute atomic E-state index is 0.0449. The SMILES string of the molecule is C=C(C)[C@@H]1CC=C(CN2CCC(n3nccc3NC(C)=O)CC2)CC1. The van der Waals surface area contributed by atoms with E-state index >= 15 is 0 Å². The zero-order valence-electron chi connectivity index (χ0n) is 15.5. The molecule has 5 heteroatoms. The van der Waals surface area contributed by atoms with Gasteiger partial charge in [-0.3, -0.25) is 9.69 Å². The van der Waals surface area contributed by atoms with Gasteiger partial charge in [0.25, 0.3) is 0 Å². The third-order valence-electron chi connectivity index (χ3n) is 5.51. The van der Waals surface area contributed by atoms with Gasteiger partial charge in [-0.15, -0.1) is 0 Å². The Balaban J connectivity index is 1.50. The van der Waals surface area contributed by atoms with Crippen molar-refractivity contribution in [3.05, 3.63) is 36.1 Å². The van der Waals surface area contributed by atoms with Crippen molar-refractivity contribution in [1.82, 2.24) is 14.7 Å². The summed E-state index contributed by atoms with van der Waals surface area (Å²) >= 11 is 0. The van der Waals surface area contributed by atoms with Crippen LogP contribution >= 0.6 is 0 Å². The van der Waals surface area contributed by atoms with E-state index < -0.39 is 0 Å². The maximum Gasteiger partial charge on any atom is 0.222 e. The lowest BCUT2D eigenvalue weighted by Crippen LogP contribution is -2.36. The Morgan fingerprint density at radius 3 is 2.68 bits per heavy atom. The number of rotatable bonds is 5. The number of aromatic nitrogens is 2. The van der Waals surface area contributed by atoms with Gasteiger partial charge < -0.3 is 5.32 Å². The molecule has 136 valence electrons. The molecule has 2 heterocycles. The molecule has 3 rings (SSSR count). The third-order valence-corrected chi connectivity index (χ3v) is 5.51. The van der Waals surface area contributed by atoms with Gasteiger partial charge in [-0.2, -0.15) is 5.10 Å². The van der Waals surface area contributed by atoms with E-state index in [0.29, 0.717) is 12.0 Å². The maximum atomic E-state index is 11.3. The van der Waals surface area contributed by atoms with Crippen LogP contribution in [0.25, 0.3) is 0 Å².